The topological polar surface area (TPSA) is 46.3 Å². The molecule has 1 saturated carbocycles. The highest BCUT2D eigenvalue weighted by Crippen LogP contribution is 2.57. The zero-order valence-electron chi connectivity index (χ0n) is 18.5. The summed E-state index contributed by atoms with van der Waals surface area (Å²) in [5.41, 5.74) is 0.287. The third kappa shape index (κ3) is 3.32. The molecule has 2 aromatic heterocycles. The van der Waals surface area contributed by atoms with Gasteiger partial charge in [0.15, 0.2) is 0 Å². The number of alkyl halides is 3. The molecule has 0 radical (unpaired) electrons. The van der Waals surface area contributed by atoms with E-state index in [2.05, 4.69) is 27.0 Å². The van der Waals surface area contributed by atoms with Crippen molar-refractivity contribution in [3.63, 3.8) is 0 Å². The van der Waals surface area contributed by atoms with Crippen molar-refractivity contribution in [2.24, 2.45) is 5.41 Å². The second-order valence-corrected chi connectivity index (χ2v) is 8.99. The van der Waals surface area contributed by atoms with Gasteiger partial charge < -0.3 is 4.90 Å². The summed E-state index contributed by atoms with van der Waals surface area (Å²) in [4.78, 5) is 6.36. The molecule has 10 heteroatoms. The highest BCUT2D eigenvalue weighted by molar-refractivity contribution is 5.94. The van der Waals surface area contributed by atoms with E-state index < -0.39 is 23.2 Å². The Morgan fingerprint density at radius 2 is 1.89 bits per heavy atom. The molecule has 35 heavy (non-hydrogen) atoms. The molecule has 0 unspecified atom stereocenters. The zero-order chi connectivity index (χ0) is 24.5. The molecule has 1 aliphatic carbocycles. The molecule has 0 saturated heterocycles. The lowest BCUT2D eigenvalue weighted by Crippen LogP contribution is -2.27. The molecule has 4 aromatic rings. The quantitative estimate of drug-likeness (QED) is 0.260. The van der Waals surface area contributed by atoms with Gasteiger partial charge in [-0.2, -0.15) is 18.2 Å². The normalized spacial score (nSPS) is 16.8. The molecule has 1 aliphatic heterocycles. The smallest absolute Gasteiger partial charge is 0.325 e. The number of rotatable bonds is 1. The van der Waals surface area contributed by atoms with Gasteiger partial charge in [-0.25, -0.2) is 8.78 Å². The van der Waals surface area contributed by atoms with Crippen LogP contribution < -0.4 is 4.90 Å². The number of anilines is 2. The van der Waals surface area contributed by atoms with Crippen LogP contribution in [0.1, 0.15) is 36.2 Å². The van der Waals surface area contributed by atoms with Crippen LogP contribution in [0.5, 0.6) is 0 Å². The third-order valence-electron chi connectivity index (χ3n) is 6.75. The maximum atomic E-state index is 15.2. The van der Waals surface area contributed by atoms with Crippen molar-refractivity contribution in [1.29, 1.82) is 0 Å². The number of hydrogen-bond acceptors (Lipinski definition) is 4. The highest BCUT2D eigenvalue weighted by atomic mass is 19.4. The Morgan fingerprint density at radius 1 is 1.09 bits per heavy atom. The van der Waals surface area contributed by atoms with Crippen LogP contribution in [0.3, 0.4) is 0 Å². The largest absolute Gasteiger partial charge is 0.405 e. The molecule has 0 bridgehead atoms. The number of hydrogen-bond donors (Lipinski definition) is 0. The average Bonchev–Trinajstić information content (AvgIpc) is 3.53. The van der Waals surface area contributed by atoms with Gasteiger partial charge in [-0.15, -0.1) is 10.2 Å². The van der Waals surface area contributed by atoms with E-state index in [1.54, 1.807) is 24.0 Å². The lowest BCUT2D eigenvalue weighted by atomic mass is 9.95. The van der Waals surface area contributed by atoms with Crippen molar-refractivity contribution in [2.75, 3.05) is 11.4 Å². The van der Waals surface area contributed by atoms with Crippen LogP contribution in [0, 0.1) is 35.8 Å². The summed E-state index contributed by atoms with van der Waals surface area (Å²) >= 11 is 0. The monoisotopic (exact) mass is 483 g/mol. The lowest BCUT2D eigenvalue weighted by molar-refractivity contribution is -0.168. The van der Waals surface area contributed by atoms with Gasteiger partial charge in [0.1, 0.15) is 28.7 Å². The number of fused-ring (bicyclic) bond motifs is 4. The molecule has 0 N–H and O–H groups in total. The summed E-state index contributed by atoms with van der Waals surface area (Å²) < 4.78 is 70.9. The second-order valence-electron chi connectivity index (χ2n) is 8.99. The Hall–Kier alpha value is -3.74. The predicted octanol–water partition coefficient (Wildman–Crippen LogP) is 5.64. The van der Waals surface area contributed by atoms with Crippen molar-refractivity contribution in [2.45, 2.75) is 38.8 Å². The second kappa shape index (κ2) is 7.38. The summed E-state index contributed by atoms with van der Waals surface area (Å²) in [5.74, 6) is 4.61. The summed E-state index contributed by atoms with van der Waals surface area (Å²) in [5, 5.41) is 8.16. The molecule has 1 fully saturated rings. The van der Waals surface area contributed by atoms with Gasteiger partial charge in [-0.05, 0) is 56.4 Å². The molecule has 0 amide bonds. The number of aromatic nitrogens is 4. The van der Waals surface area contributed by atoms with E-state index in [-0.39, 0.29) is 35.3 Å². The fourth-order valence-electron chi connectivity index (χ4n) is 4.76. The van der Waals surface area contributed by atoms with Gasteiger partial charge in [0.05, 0.1) is 10.9 Å². The Kier molecular flexibility index (Phi) is 4.59. The van der Waals surface area contributed by atoms with Gasteiger partial charge in [0, 0.05) is 23.9 Å². The first-order valence-electron chi connectivity index (χ1n) is 11.2. The maximum Gasteiger partial charge on any atom is 0.405 e. The number of benzene rings is 2. The van der Waals surface area contributed by atoms with Crippen molar-refractivity contribution in [3.05, 3.63) is 58.9 Å². The third-order valence-corrected chi connectivity index (χ3v) is 6.75. The van der Waals surface area contributed by atoms with E-state index in [4.69, 9.17) is 0 Å². The average molecular weight is 483 g/mol. The maximum absolute atomic E-state index is 15.2. The zero-order valence-corrected chi connectivity index (χ0v) is 18.5. The first-order valence-corrected chi connectivity index (χ1v) is 11.2. The molecule has 5 nitrogen and oxygen atoms in total. The Labute approximate surface area is 196 Å². The van der Waals surface area contributed by atoms with Crippen molar-refractivity contribution < 1.29 is 22.0 Å². The van der Waals surface area contributed by atoms with Gasteiger partial charge in [0.25, 0.3) is 5.78 Å². The van der Waals surface area contributed by atoms with E-state index in [1.807, 2.05) is 6.07 Å². The van der Waals surface area contributed by atoms with E-state index in [1.165, 1.54) is 10.5 Å². The number of halogens is 5. The molecule has 2 aliphatic rings. The van der Waals surface area contributed by atoms with Gasteiger partial charge in [-0.1, -0.05) is 17.9 Å². The summed E-state index contributed by atoms with van der Waals surface area (Å²) in [6, 6.07) is 7.25. The number of aryl methyl sites for hydroxylation is 1. The molecule has 6 rings (SSSR count). The minimum atomic E-state index is -4.36. The summed E-state index contributed by atoms with van der Waals surface area (Å²) in [6.45, 7) is 2.15. The standard InChI is InChI=1S/C25H18F5N5/c1-14-32-33-23-31-22(21-18(27)12-16(26)13-20(21)35(14)23)34-11-3-5-17-15(4-2-6-19(17)34)7-8-24(9-10-24)25(28,29)30/h2,4,6,12-13H,3,5,9-11H2,1H3. The lowest BCUT2D eigenvalue weighted by Gasteiger charge is -2.32. The molecule has 178 valence electrons. The molecule has 0 spiro atoms. The molecule has 2 aromatic carbocycles. The summed E-state index contributed by atoms with van der Waals surface area (Å²) in [6.07, 6.45) is -3.08. The first-order chi connectivity index (χ1) is 16.7. The minimum Gasteiger partial charge on any atom is -0.325 e. The minimum absolute atomic E-state index is 0.00811. The van der Waals surface area contributed by atoms with E-state index in [0.29, 0.717) is 36.5 Å². The fourth-order valence-corrected chi connectivity index (χ4v) is 4.76. The molecule has 0 atom stereocenters. The van der Waals surface area contributed by atoms with Gasteiger partial charge in [0.2, 0.25) is 0 Å². The SMILES string of the molecule is Cc1nnc2nc(N3CCCc4c(C#CC5(C(F)(F)F)CC5)cccc43)c3c(F)cc(F)cc3n12. The Balaban J connectivity index is 1.53. The molecular formula is C25H18F5N5. The van der Waals surface area contributed by atoms with E-state index in [0.717, 1.165) is 11.6 Å². The van der Waals surface area contributed by atoms with Crippen LogP contribution in [-0.4, -0.2) is 32.3 Å². The predicted molar refractivity (Wildman–Crippen MR) is 119 cm³/mol. The van der Waals surface area contributed by atoms with Crippen molar-refractivity contribution >= 4 is 28.2 Å². The van der Waals surface area contributed by atoms with Crippen LogP contribution in [-0.2, 0) is 6.42 Å². The van der Waals surface area contributed by atoms with Crippen LogP contribution >= 0.6 is 0 Å². The van der Waals surface area contributed by atoms with Gasteiger partial charge in [-0.3, -0.25) is 4.40 Å². The Morgan fingerprint density at radius 3 is 2.63 bits per heavy atom. The van der Waals surface area contributed by atoms with Crippen molar-refractivity contribution in [1.82, 2.24) is 19.6 Å². The first kappa shape index (κ1) is 21.8. The highest BCUT2D eigenvalue weighted by Gasteiger charge is 2.62. The van der Waals surface area contributed by atoms with E-state index in [9.17, 15) is 17.6 Å². The molecule has 3 heterocycles. The van der Waals surface area contributed by atoms with Crippen LogP contribution in [0.2, 0.25) is 0 Å². The van der Waals surface area contributed by atoms with Crippen LogP contribution in [0.15, 0.2) is 30.3 Å². The molecular weight excluding hydrogens is 465 g/mol. The Bertz CT molecular complexity index is 1570. The van der Waals surface area contributed by atoms with Crippen molar-refractivity contribution in [3.8, 4) is 11.8 Å². The van der Waals surface area contributed by atoms with E-state index >= 15 is 4.39 Å². The summed E-state index contributed by atoms with van der Waals surface area (Å²) in [7, 11) is 0. The van der Waals surface area contributed by atoms with Gasteiger partial charge >= 0.3 is 6.18 Å². The van der Waals surface area contributed by atoms with Crippen LogP contribution in [0.4, 0.5) is 33.5 Å². The number of nitrogens with zero attached hydrogens (tertiary/aromatic N) is 5. The fraction of sp³-hybridized carbons (Fsp3) is 0.320. The van der Waals surface area contributed by atoms with Crippen LogP contribution in [0.25, 0.3) is 16.7 Å².